The van der Waals surface area contributed by atoms with Crippen molar-refractivity contribution in [3.8, 4) is 0 Å². The normalized spacial score (nSPS) is 13.9. The van der Waals surface area contributed by atoms with Gasteiger partial charge in [0.15, 0.2) is 0 Å². The molecule has 150 valence electrons. The summed E-state index contributed by atoms with van der Waals surface area (Å²) in [5.41, 5.74) is 1.32. The van der Waals surface area contributed by atoms with Crippen molar-refractivity contribution < 1.29 is 9.18 Å². The van der Waals surface area contributed by atoms with Crippen LogP contribution in [0.25, 0.3) is 0 Å². The number of nitrogens with one attached hydrogen (secondary N) is 3. The van der Waals surface area contributed by atoms with Crippen LogP contribution in [0.1, 0.15) is 25.0 Å². The van der Waals surface area contributed by atoms with Crippen LogP contribution in [-0.4, -0.2) is 42.2 Å². The number of benzene rings is 1. The fourth-order valence-electron chi connectivity index (χ4n) is 3.02. The van der Waals surface area contributed by atoms with Crippen molar-refractivity contribution in [3.63, 3.8) is 0 Å². The van der Waals surface area contributed by atoms with Crippen LogP contribution >= 0.6 is 11.6 Å². The fraction of sp³-hybridized carbons (Fsp3) is 0.421. The number of halogens is 2. The molecule has 0 saturated carbocycles. The summed E-state index contributed by atoms with van der Waals surface area (Å²) in [6.07, 6.45) is 3.64. The van der Waals surface area contributed by atoms with Crippen molar-refractivity contribution in [1.29, 1.82) is 0 Å². The molecule has 28 heavy (non-hydrogen) atoms. The van der Waals surface area contributed by atoms with Crippen LogP contribution in [0.2, 0.25) is 5.02 Å². The maximum absolute atomic E-state index is 13.1. The van der Waals surface area contributed by atoms with Crippen LogP contribution in [0.4, 0.5) is 26.6 Å². The number of piperidine rings is 1. The van der Waals surface area contributed by atoms with E-state index in [0.29, 0.717) is 24.7 Å². The van der Waals surface area contributed by atoms with Gasteiger partial charge in [-0.1, -0.05) is 11.6 Å². The SMILES string of the molecule is Cc1cc(N2CCCCC2)nc(NCCNC(=O)Nc2ccc(F)c(Cl)c2)n1. The number of anilines is 3. The molecule has 2 amide bonds. The summed E-state index contributed by atoms with van der Waals surface area (Å²) >= 11 is 5.70. The number of amides is 2. The molecule has 3 N–H and O–H groups in total. The average molecular weight is 407 g/mol. The van der Waals surface area contributed by atoms with Gasteiger partial charge in [0, 0.05) is 43.6 Å². The molecule has 1 fully saturated rings. The van der Waals surface area contributed by atoms with Crippen LogP contribution in [0.3, 0.4) is 0 Å². The highest BCUT2D eigenvalue weighted by Crippen LogP contribution is 2.20. The zero-order valence-corrected chi connectivity index (χ0v) is 16.5. The zero-order valence-electron chi connectivity index (χ0n) is 15.8. The molecule has 1 aromatic heterocycles. The quantitative estimate of drug-likeness (QED) is 0.635. The van der Waals surface area contributed by atoms with Gasteiger partial charge in [0.2, 0.25) is 5.95 Å². The first kappa shape index (κ1) is 20.1. The van der Waals surface area contributed by atoms with Gasteiger partial charge >= 0.3 is 6.03 Å². The first-order valence-electron chi connectivity index (χ1n) is 9.36. The van der Waals surface area contributed by atoms with Crippen molar-refractivity contribution in [2.75, 3.05) is 41.7 Å². The number of hydrogen-bond acceptors (Lipinski definition) is 5. The lowest BCUT2D eigenvalue weighted by Crippen LogP contribution is -2.33. The standard InChI is InChI=1S/C19H24ClFN6O/c1-13-11-17(27-9-3-2-4-10-27)26-18(24-13)22-7-8-23-19(28)25-14-5-6-16(21)15(20)12-14/h5-6,11-12H,2-4,7-10H2,1H3,(H,22,24,26)(H2,23,25,28). The first-order chi connectivity index (χ1) is 13.5. The fourth-order valence-corrected chi connectivity index (χ4v) is 3.20. The van der Waals surface area contributed by atoms with Crippen LogP contribution in [-0.2, 0) is 0 Å². The molecule has 0 atom stereocenters. The van der Waals surface area contributed by atoms with Gasteiger partial charge in [-0.2, -0.15) is 4.98 Å². The molecule has 0 aliphatic carbocycles. The summed E-state index contributed by atoms with van der Waals surface area (Å²) in [5, 5.41) is 8.41. The number of hydrogen-bond donors (Lipinski definition) is 3. The summed E-state index contributed by atoms with van der Waals surface area (Å²) in [5.74, 6) is 0.959. The first-order valence-corrected chi connectivity index (χ1v) is 9.73. The Bertz CT molecular complexity index is 828. The van der Waals surface area contributed by atoms with Crippen LogP contribution in [0.15, 0.2) is 24.3 Å². The van der Waals surface area contributed by atoms with Gasteiger partial charge in [-0.05, 0) is 44.4 Å². The van der Waals surface area contributed by atoms with Crippen molar-refractivity contribution in [2.45, 2.75) is 26.2 Å². The topological polar surface area (TPSA) is 82.2 Å². The van der Waals surface area contributed by atoms with Crippen LogP contribution < -0.4 is 20.9 Å². The van der Waals surface area contributed by atoms with Crippen LogP contribution in [0, 0.1) is 12.7 Å². The number of rotatable bonds is 6. The average Bonchev–Trinajstić information content (AvgIpc) is 2.68. The van der Waals surface area contributed by atoms with E-state index in [-0.39, 0.29) is 5.02 Å². The summed E-state index contributed by atoms with van der Waals surface area (Å²) in [4.78, 5) is 23.2. The van der Waals surface area contributed by atoms with Gasteiger partial charge in [-0.25, -0.2) is 14.2 Å². The molecular formula is C19H24ClFN6O. The molecule has 0 bridgehead atoms. The molecule has 1 aromatic carbocycles. The van der Waals surface area contributed by atoms with Gasteiger partial charge in [0.25, 0.3) is 0 Å². The maximum atomic E-state index is 13.1. The molecule has 9 heteroatoms. The van der Waals surface area contributed by atoms with E-state index in [0.717, 1.165) is 24.6 Å². The highest BCUT2D eigenvalue weighted by Gasteiger charge is 2.13. The molecule has 1 aliphatic rings. The molecule has 2 aromatic rings. The lowest BCUT2D eigenvalue weighted by Gasteiger charge is -2.28. The Morgan fingerprint density at radius 2 is 1.96 bits per heavy atom. The smallest absolute Gasteiger partial charge is 0.319 e. The third-order valence-corrected chi connectivity index (χ3v) is 4.68. The summed E-state index contributed by atoms with van der Waals surface area (Å²) in [6, 6.07) is 5.60. The summed E-state index contributed by atoms with van der Waals surface area (Å²) in [7, 11) is 0. The van der Waals surface area contributed by atoms with Gasteiger partial charge in [0.1, 0.15) is 11.6 Å². The van der Waals surface area contributed by atoms with E-state index < -0.39 is 11.8 Å². The second-order valence-electron chi connectivity index (χ2n) is 6.68. The van der Waals surface area contributed by atoms with Crippen molar-refractivity contribution in [3.05, 3.63) is 40.8 Å². The van der Waals surface area contributed by atoms with Gasteiger partial charge < -0.3 is 20.9 Å². The lowest BCUT2D eigenvalue weighted by molar-refractivity contribution is 0.252. The molecule has 7 nitrogen and oxygen atoms in total. The largest absolute Gasteiger partial charge is 0.356 e. The highest BCUT2D eigenvalue weighted by atomic mass is 35.5. The Labute approximate surface area is 168 Å². The van der Waals surface area contributed by atoms with E-state index in [4.69, 9.17) is 11.6 Å². The Kier molecular flexibility index (Phi) is 6.86. The summed E-state index contributed by atoms with van der Waals surface area (Å²) < 4.78 is 13.1. The minimum atomic E-state index is -0.529. The van der Waals surface area contributed by atoms with E-state index >= 15 is 0 Å². The van der Waals surface area contributed by atoms with Gasteiger partial charge in [0.05, 0.1) is 5.02 Å². The van der Waals surface area contributed by atoms with Crippen LogP contribution in [0.5, 0.6) is 0 Å². The number of aryl methyl sites for hydroxylation is 1. The molecule has 3 rings (SSSR count). The van der Waals surface area contributed by atoms with E-state index in [1.807, 2.05) is 13.0 Å². The predicted molar refractivity (Wildman–Crippen MR) is 110 cm³/mol. The van der Waals surface area contributed by atoms with Crippen molar-refractivity contribution in [2.24, 2.45) is 0 Å². The Balaban J connectivity index is 1.46. The monoisotopic (exact) mass is 406 g/mol. The van der Waals surface area contributed by atoms with E-state index in [1.165, 1.54) is 37.5 Å². The zero-order chi connectivity index (χ0) is 19.9. The molecule has 0 radical (unpaired) electrons. The molecule has 1 saturated heterocycles. The predicted octanol–water partition coefficient (Wildman–Crippen LogP) is 3.80. The second-order valence-corrected chi connectivity index (χ2v) is 7.08. The second kappa shape index (κ2) is 9.54. The Hall–Kier alpha value is -2.61. The van der Waals surface area contributed by atoms with Crippen molar-refractivity contribution >= 4 is 35.1 Å². The Morgan fingerprint density at radius 1 is 1.18 bits per heavy atom. The molecule has 2 heterocycles. The molecule has 1 aliphatic heterocycles. The maximum Gasteiger partial charge on any atom is 0.319 e. The minimum Gasteiger partial charge on any atom is -0.356 e. The minimum absolute atomic E-state index is 0.0411. The highest BCUT2D eigenvalue weighted by molar-refractivity contribution is 6.31. The van der Waals surface area contributed by atoms with Crippen molar-refractivity contribution in [1.82, 2.24) is 15.3 Å². The molecular weight excluding hydrogens is 383 g/mol. The Morgan fingerprint density at radius 3 is 2.71 bits per heavy atom. The molecule has 0 spiro atoms. The third kappa shape index (κ3) is 5.69. The van der Waals surface area contributed by atoms with E-state index in [2.05, 4.69) is 30.8 Å². The van der Waals surface area contributed by atoms with E-state index in [1.54, 1.807) is 0 Å². The van der Waals surface area contributed by atoms with E-state index in [9.17, 15) is 9.18 Å². The summed E-state index contributed by atoms with van der Waals surface area (Å²) in [6.45, 7) is 4.83. The number of nitrogens with zero attached hydrogens (tertiary/aromatic N) is 3. The van der Waals surface area contributed by atoms with Gasteiger partial charge in [-0.3, -0.25) is 0 Å². The number of carbonyl (C=O) groups excluding carboxylic acids is 1. The number of urea groups is 1. The molecule has 0 unspecified atom stereocenters. The van der Waals surface area contributed by atoms with Gasteiger partial charge in [-0.15, -0.1) is 0 Å². The lowest BCUT2D eigenvalue weighted by atomic mass is 10.1. The number of aromatic nitrogens is 2. The number of carbonyl (C=O) groups is 1. The third-order valence-electron chi connectivity index (χ3n) is 4.39.